The quantitative estimate of drug-likeness (QED) is 0.436. The third-order valence-corrected chi connectivity index (χ3v) is 7.78. The molecular weight excluding hydrogens is 557 g/mol. The van der Waals surface area contributed by atoms with Gasteiger partial charge in [-0.2, -0.15) is 0 Å². The number of hydrogen-bond acceptors (Lipinski definition) is 6. The fraction of sp³-hybridized carbons (Fsp3) is 0.143. The van der Waals surface area contributed by atoms with Gasteiger partial charge in [-0.3, -0.25) is 19.2 Å². The van der Waals surface area contributed by atoms with Crippen molar-refractivity contribution >= 4 is 57.2 Å². The number of rotatable bonds is 2. The van der Waals surface area contributed by atoms with Crippen LogP contribution in [0.4, 0.5) is 5.69 Å². The van der Waals surface area contributed by atoms with E-state index in [1.165, 1.54) is 6.26 Å². The van der Waals surface area contributed by atoms with Gasteiger partial charge in [0, 0.05) is 49.7 Å². The van der Waals surface area contributed by atoms with E-state index >= 15 is 0 Å². The van der Waals surface area contributed by atoms with Gasteiger partial charge in [0.2, 0.25) is 0 Å². The van der Waals surface area contributed by atoms with Gasteiger partial charge >= 0.3 is 0 Å². The van der Waals surface area contributed by atoms with E-state index in [1.807, 2.05) is 28.7 Å². The summed E-state index contributed by atoms with van der Waals surface area (Å²) in [5, 5.41) is 3.00. The third kappa shape index (κ3) is 3.00. The predicted octanol–water partition coefficient (Wildman–Crippen LogP) is 4.94. The van der Waals surface area contributed by atoms with Crippen molar-refractivity contribution in [2.45, 2.75) is 12.8 Å². The molecule has 0 saturated carbocycles. The average molecular weight is 575 g/mol. The number of carbonyl (C=O) groups excluding carboxylic acids is 4. The van der Waals surface area contributed by atoms with E-state index in [2.05, 4.69) is 5.32 Å². The standard InChI is InChI=1S/C28H18INO5/c1-30-19-11-10-17(20-22(19)26(33)15-8-4-2-6-13(15)24(20)31)28-23-21(18(29)12-35-28)25(32)14-7-3-5-9-16(14)27(23)34/h2,4-6,8-12,21,30H,3,7H2,1H3. The molecule has 0 spiro atoms. The summed E-state index contributed by atoms with van der Waals surface area (Å²) in [6, 6.07) is 10.1. The molecule has 2 aromatic rings. The molecule has 1 atom stereocenters. The predicted molar refractivity (Wildman–Crippen MR) is 138 cm³/mol. The molecule has 0 amide bonds. The van der Waals surface area contributed by atoms with Gasteiger partial charge in [0.15, 0.2) is 23.1 Å². The van der Waals surface area contributed by atoms with Gasteiger partial charge in [-0.25, -0.2) is 0 Å². The van der Waals surface area contributed by atoms with E-state index in [9.17, 15) is 19.2 Å². The van der Waals surface area contributed by atoms with Gasteiger partial charge in [-0.15, -0.1) is 0 Å². The number of nitrogens with one attached hydrogen (secondary N) is 1. The van der Waals surface area contributed by atoms with E-state index in [0.717, 1.165) is 0 Å². The second kappa shape index (κ2) is 7.98. The van der Waals surface area contributed by atoms with E-state index < -0.39 is 5.92 Å². The Bertz CT molecular complexity index is 1540. The zero-order chi connectivity index (χ0) is 24.4. The van der Waals surface area contributed by atoms with Gasteiger partial charge < -0.3 is 10.1 Å². The van der Waals surface area contributed by atoms with Crippen molar-refractivity contribution in [3.8, 4) is 0 Å². The molecule has 1 unspecified atom stereocenters. The first-order valence-electron chi connectivity index (χ1n) is 11.2. The maximum Gasteiger partial charge on any atom is 0.196 e. The number of carbonyl (C=O) groups is 4. The van der Waals surface area contributed by atoms with Crippen molar-refractivity contribution in [2.24, 2.45) is 5.92 Å². The van der Waals surface area contributed by atoms with Crippen LogP contribution in [0.5, 0.6) is 0 Å². The van der Waals surface area contributed by atoms with Gasteiger partial charge in [-0.05, 0) is 47.6 Å². The molecule has 0 bridgehead atoms. The van der Waals surface area contributed by atoms with Crippen LogP contribution in [0.25, 0.3) is 5.76 Å². The highest BCUT2D eigenvalue weighted by atomic mass is 127. The Balaban J connectivity index is 1.65. The summed E-state index contributed by atoms with van der Waals surface area (Å²) in [4.78, 5) is 54.4. The Morgan fingerprint density at radius 3 is 2.34 bits per heavy atom. The first-order valence-corrected chi connectivity index (χ1v) is 12.3. The number of anilines is 1. The molecule has 3 aliphatic carbocycles. The van der Waals surface area contributed by atoms with Crippen LogP contribution in [0.3, 0.4) is 0 Å². The van der Waals surface area contributed by atoms with Crippen molar-refractivity contribution in [3.63, 3.8) is 0 Å². The highest BCUT2D eigenvalue weighted by molar-refractivity contribution is 14.1. The van der Waals surface area contributed by atoms with Gasteiger partial charge in [-0.1, -0.05) is 36.4 Å². The minimum absolute atomic E-state index is 0.117. The number of hydrogen-bond donors (Lipinski definition) is 1. The van der Waals surface area contributed by atoms with E-state index in [4.69, 9.17) is 4.74 Å². The first kappa shape index (κ1) is 21.9. The van der Waals surface area contributed by atoms with E-state index in [1.54, 1.807) is 49.5 Å². The lowest BCUT2D eigenvalue weighted by Gasteiger charge is -2.33. The Hall–Kier alpha value is -3.59. The number of Topliss-reactive ketones (excluding diaryl/α,β-unsaturated/α-hetero) is 2. The first-order chi connectivity index (χ1) is 16.9. The van der Waals surface area contributed by atoms with Crippen LogP contribution in [-0.2, 0) is 14.3 Å². The lowest BCUT2D eigenvalue weighted by atomic mass is 9.72. The fourth-order valence-corrected chi connectivity index (χ4v) is 6.01. The van der Waals surface area contributed by atoms with Crippen molar-refractivity contribution in [1.29, 1.82) is 0 Å². The van der Waals surface area contributed by atoms with Crippen LogP contribution in [0.2, 0.25) is 0 Å². The summed E-state index contributed by atoms with van der Waals surface area (Å²) in [5.41, 5.74) is 3.02. The number of ether oxygens (including phenoxy) is 1. The zero-order valence-electron chi connectivity index (χ0n) is 18.6. The van der Waals surface area contributed by atoms with Gasteiger partial charge in [0.1, 0.15) is 12.0 Å². The Morgan fingerprint density at radius 2 is 1.63 bits per heavy atom. The molecule has 4 aliphatic rings. The zero-order valence-corrected chi connectivity index (χ0v) is 20.8. The average Bonchev–Trinajstić information content (AvgIpc) is 2.89. The van der Waals surface area contributed by atoms with Crippen LogP contribution < -0.4 is 5.32 Å². The van der Waals surface area contributed by atoms with Crippen LogP contribution in [0.1, 0.15) is 50.2 Å². The van der Waals surface area contributed by atoms with Crippen molar-refractivity contribution < 1.29 is 23.9 Å². The van der Waals surface area contributed by atoms with Crippen molar-refractivity contribution in [1.82, 2.24) is 0 Å². The van der Waals surface area contributed by atoms with Gasteiger partial charge in [0.25, 0.3) is 0 Å². The number of allylic oxidation sites excluding steroid dienone is 6. The largest absolute Gasteiger partial charge is 0.463 e. The molecular formula is C28H18INO5. The van der Waals surface area contributed by atoms with Crippen LogP contribution in [0, 0.1) is 5.92 Å². The molecule has 6 rings (SSSR count). The molecule has 2 aromatic carbocycles. The van der Waals surface area contributed by atoms with E-state index in [-0.39, 0.29) is 45.6 Å². The molecule has 7 heteroatoms. The highest BCUT2D eigenvalue weighted by Gasteiger charge is 2.45. The molecule has 0 fully saturated rings. The second-order valence-corrected chi connectivity index (χ2v) is 9.93. The van der Waals surface area contributed by atoms with Crippen LogP contribution in [-0.4, -0.2) is 30.2 Å². The molecule has 1 N–H and O–H groups in total. The minimum atomic E-state index is -0.779. The second-order valence-electron chi connectivity index (χ2n) is 8.69. The SMILES string of the molecule is CNc1ccc(C2=C3C(=O)C4=C(CCC=C4)C(=O)C3C(I)=CO2)c2c1C(=O)c1ccccc1C2=O. The number of ketones is 4. The Morgan fingerprint density at radius 1 is 0.914 bits per heavy atom. The molecule has 0 radical (unpaired) electrons. The minimum Gasteiger partial charge on any atom is -0.463 e. The normalized spacial score (nSPS) is 20.6. The third-order valence-electron chi connectivity index (χ3n) is 6.91. The summed E-state index contributed by atoms with van der Waals surface area (Å²) in [7, 11) is 1.68. The summed E-state index contributed by atoms with van der Waals surface area (Å²) >= 11 is 2.03. The van der Waals surface area contributed by atoms with E-state index in [0.29, 0.717) is 49.9 Å². The topological polar surface area (TPSA) is 89.5 Å². The number of fused-ring (bicyclic) bond motifs is 3. The fourth-order valence-electron chi connectivity index (χ4n) is 5.29. The van der Waals surface area contributed by atoms with Crippen LogP contribution >= 0.6 is 22.6 Å². The maximum atomic E-state index is 13.7. The number of benzene rings is 2. The Kier molecular flexibility index (Phi) is 5.00. The molecule has 6 nitrogen and oxygen atoms in total. The Labute approximate surface area is 214 Å². The smallest absolute Gasteiger partial charge is 0.196 e. The van der Waals surface area contributed by atoms with Crippen molar-refractivity contribution in [2.75, 3.05) is 12.4 Å². The molecule has 1 aliphatic heterocycles. The lowest BCUT2D eigenvalue weighted by molar-refractivity contribution is -0.121. The molecule has 0 saturated heterocycles. The maximum absolute atomic E-state index is 13.7. The summed E-state index contributed by atoms with van der Waals surface area (Å²) in [6.07, 6.45) is 6.28. The van der Waals surface area contributed by atoms with Crippen molar-refractivity contribution in [3.05, 3.63) is 103 Å². The molecule has 0 aromatic heterocycles. The summed E-state index contributed by atoms with van der Waals surface area (Å²) in [6.45, 7) is 0. The summed E-state index contributed by atoms with van der Waals surface area (Å²) < 4.78 is 6.57. The lowest BCUT2D eigenvalue weighted by Crippen LogP contribution is -2.35. The van der Waals surface area contributed by atoms with Gasteiger partial charge in [0.05, 0.1) is 17.1 Å². The highest BCUT2D eigenvalue weighted by Crippen LogP contribution is 2.47. The summed E-state index contributed by atoms with van der Waals surface area (Å²) in [5.74, 6) is -1.63. The monoisotopic (exact) mass is 575 g/mol. The van der Waals surface area contributed by atoms with Crippen LogP contribution in [0.15, 0.2) is 75.1 Å². The number of halogens is 1. The molecule has 1 heterocycles. The molecule has 35 heavy (non-hydrogen) atoms. The molecule has 172 valence electrons.